The number of aliphatic carboxylic acids is 1. The van der Waals surface area contributed by atoms with Crippen molar-refractivity contribution < 1.29 is 24.2 Å². The lowest BCUT2D eigenvalue weighted by Crippen LogP contribution is -2.41. The fraction of sp³-hybridized carbons (Fsp3) is 0.400. The molecule has 1 aromatic rings. The van der Waals surface area contributed by atoms with Gasteiger partial charge in [0.05, 0.1) is 13.5 Å². The van der Waals surface area contributed by atoms with Crippen molar-refractivity contribution in [3.8, 4) is 0 Å². The van der Waals surface area contributed by atoms with Gasteiger partial charge in [-0.15, -0.1) is 0 Å². The van der Waals surface area contributed by atoms with Crippen LogP contribution in [0.3, 0.4) is 0 Å². The first-order valence-corrected chi connectivity index (χ1v) is 6.57. The summed E-state index contributed by atoms with van der Waals surface area (Å²) >= 11 is 0. The molecule has 0 aromatic heterocycles. The van der Waals surface area contributed by atoms with Gasteiger partial charge >= 0.3 is 11.9 Å². The molecule has 6 nitrogen and oxygen atoms in total. The minimum atomic E-state index is -1.17. The molecule has 1 unspecified atom stereocenters. The van der Waals surface area contributed by atoms with Gasteiger partial charge in [-0.3, -0.25) is 9.59 Å². The van der Waals surface area contributed by atoms with Gasteiger partial charge in [-0.25, -0.2) is 4.79 Å². The summed E-state index contributed by atoms with van der Waals surface area (Å²) in [7, 11) is 1.23. The fourth-order valence-corrected chi connectivity index (χ4v) is 1.87. The summed E-state index contributed by atoms with van der Waals surface area (Å²) in [5.74, 6) is -2.07. The monoisotopic (exact) mass is 293 g/mol. The first-order valence-electron chi connectivity index (χ1n) is 6.57. The Morgan fingerprint density at radius 2 is 2.05 bits per heavy atom. The molecule has 0 aliphatic heterocycles. The smallest absolute Gasteiger partial charge is 0.326 e. The third-order valence-electron chi connectivity index (χ3n) is 2.95. The number of esters is 1. The second kappa shape index (κ2) is 8.04. The number of carboxylic acids is 1. The van der Waals surface area contributed by atoms with E-state index < -0.39 is 23.9 Å². The number of carbonyl (C=O) groups is 3. The lowest BCUT2D eigenvalue weighted by atomic mass is 10.1. The molecule has 0 saturated carbocycles. The Bertz CT molecular complexity index is 527. The van der Waals surface area contributed by atoms with E-state index in [1.54, 1.807) is 6.07 Å². The predicted octanol–water partition coefficient (Wildman–Crippen LogP) is 1.06. The maximum atomic E-state index is 11.9. The van der Waals surface area contributed by atoms with Crippen LogP contribution in [0.1, 0.15) is 24.0 Å². The van der Waals surface area contributed by atoms with Crippen LogP contribution in [0.15, 0.2) is 24.3 Å². The zero-order chi connectivity index (χ0) is 15.8. The molecular weight excluding hydrogens is 274 g/mol. The van der Waals surface area contributed by atoms with Crippen LogP contribution in [0.25, 0.3) is 0 Å². The fourth-order valence-electron chi connectivity index (χ4n) is 1.87. The highest BCUT2D eigenvalue weighted by molar-refractivity contribution is 5.85. The normalized spacial score (nSPS) is 11.5. The van der Waals surface area contributed by atoms with Gasteiger partial charge in [0.1, 0.15) is 6.04 Å². The minimum Gasteiger partial charge on any atom is -0.480 e. The van der Waals surface area contributed by atoms with Crippen molar-refractivity contribution in [2.24, 2.45) is 0 Å². The van der Waals surface area contributed by atoms with Gasteiger partial charge in [0.15, 0.2) is 0 Å². The van der Waals surface area contributed by atoms with Gasteiger partial charge in [0, 0.05) is 6.42 Å². The Kier molecular flexibility index (Phi) is 6.39. The van der Waals surface area contributed by atoms with E-state index in [4.69, 9.17) is 5.11 Å². The van der Waals surface area contributed by atoms with Crippen molar-refractivity contribution in [3.63, 3.8) is 0 Å². The quantitative estimate of drug-likeness (QED) is 0.733. The highest BCUT2D eigenvalue weighted by atomic mass is 16.5. The second-order valence-electron chi connectivity index (χ2n) is 4.74. The molecule has 0 saturated heterocycles. The van der Waals surface area contributed by atoms with E-state index >= 15 is 0 Å². The van der Waals surface area contributed by atoms with Crippen LogP contribution in [0.4, 0.5) is 0 Å². The van der Waals surface area contributed by atoms with E-state index in [-0.39, 0.29) is 19.3 Å². The maximum absolute atomic E-state index is 11.9. The molecule has 0 fully saturated rings. The van der Waals surface area contributed by atoms with Crippen molar-refractivity contribution in [1.82, 2.24) is 5.32 Å². The Hall–Kier alpha value is -2.37. The first-order chi connectivity index (χ1) is 9.92. The number of methoxy groups -OCH3 is 1. The van der Waals surface area contributed by atoms with E-state index in [1.807, 2.05) is 25.1 Å². The van der Waals surface area contributed by atoms with Crippen molar-refractivity contribution >= 4 is 17.8 Å². The van der Waals surface area contributed by atoms with Gasteiger partial charge in [-0.2, -0.15) is 0 Å². The zero-order valence-electron chi connectivity index (χ0n) is 12.1. The van der Waals surface area contributed by atoms with Crippen LogP contribution >= 0.6 is 0 Å². The van der Waals surface area contributed by atoms with E-state index in [0.29, 0.717) is 0 Å². The standard InChI is InChI=1S/C15H19NO5/c1-10-4-3-5-11(8-10)9-13(17)16-12(15(19)20)6-7-14(18)21-2/h3-5,8,12H,6-7,9H2,1-2H3,(H,16,17)(H,19,20). The lowest BCUT2D eigenvalue weighted by Gasteiger charge is -2.14. The largest absolute Gasteiger partial charge is 0.480 e. The summed E-state index contributed by atoms with van der Waals surface area (Å²) in [5.41, 5.74) is 1.84. The third kappa shape index (κ3) is 6.07. The van der Waals surface area contributed by atoms with E-state index in [0.717, 1.165) is 11.1 Å². The molecule has 1 amide bonds. The van der Waals surface area contributed by atoms with Crippen LogP contribution in [0.5, 0.6) is 0 Å². The topological polar surface area (TPSA) is 92.7 Å². The van der Waals surface area contributed by atoms with Crippen LogP contribution < -0.4 is 5.32 Å². The van der Waals surface area contributed by atoms with E-state index in [9.17, 15) is 14.4 Å². The molecule has 114 valence electrons. The number of carboxylic acid groups (broad SMARTS) is 1. The van der Waals surface area contributed by atoms with Crippen LogP contribution in [-0.4, -0.2) is 36.1 Å². The molecule has 0 radical (unpaired) electrons. The minimum absolute atomic E-state index is 0.00155. The molecule has 0 aliphatic carbocycles. The van der Waals surface area contributed by atoms with Gasteiger partial charge < -0.3 is 15.2 Å². The molecule has 0 aliphatic rings. The number of benzene rings is 1. The van der Waals surface area contributed by atoms with Gasteiger partial charge in [-0.1, -0.05) is 29.8 Å². The van der Waals surface area contributed by atoms with Crippen molar-refractivity contribution in [2.45, 2.75) is 32.2 Å². The van der Waals surface area contributed by atoms with Crippen molar-refractivity contribution in [2.75, 3.05) is 7.11 Å². The summed E-state index contributed by atoms with van der Waals surface area (Å²) in [6, 6.07) is 6.32. The molecule has 1 atom stereocenters. The summed E-state index contributed by atoms with van der Waals surface area (Å²) in [4.78, 5) is 34.0. The molecule has 0 bridgehead atoms. The van der Waals surface area contributed by atoms with Gasteiger partial charge in [-0.05, 0) is 18.9 Å². The predicted molar refractivity (Wildman–Crippen MR) is 75.7 cm³/mol. The number of hydrogen-bond acceptors (Lipinski definition) is 4. The SMILES string of the molecule is COC(=O)CCC(NC(=O)Cc1cccc(C)c1)C(=O)O. The average molecular weight is 293 g/mol. The number of ether oxygens (including phenoxy) is 1. The number of hydrogen-bond donors (Lipinski definition) is 2. The lowest BCUT2D eigenvalue weighted by molar-refractivity contribution is -0.144. The van der Waals surface area contributed by atoms with Crippen LogP contribution in [0.2, 0.25) is 0 Å². The second-order valence-corrected chi connectivity index (χ2v) is 4.74. The number of carbonyl (C=O) groups excluding carboxylic acids is 2. The zero-order valence-corrected chi connectivity index (χ0v) is 12.1. The molecular formula is C15H19NO5. The Labute approximate surface area is 123 Å². The number of amides is 1. The summed E-state index contributed by atoms with van der Waals surface area (Å²) in [6.07, 6.45) is 0.0451. The Morgan fingerprint density at radius 3 is 2.62 bits per heavy atom. The number of nitrogens with one attached hydrogen (secondary N) is 1. The third-order valence-corrected chi connectivity index (χ3v) is 2.95. The van der Waals surface area contributed by atoms with Crippen molar-refractivity contribution in [1.29, 1.82) is 0 Å². The summed E-state index contributed by atoms with van der Waals surface area (Å²) < 4.78 is 4.45. The molecule has 0 spiro atoms. The van der Waals surface area contributed by atoms with E-state index in [1.165, 1.54) is 7.11 Å². The molecule has 1 aromatic carbocycles. The highest BCUT2D eigenvalue weighted by Gasteiger charge is 2.21. The molecule has 0 heterocycles. The van der Waals surface area contributed by atoms with E-state index in [2.05, 4.69) is 10.1 Å². The highest BCUT2D eigenvalue weighted by Crippen LogP contribution is 2.06. The summed E-state index contributed by atoms with van der Waals surface area (Å²) in [6.45, 7) is 1.91. The van der Waals surface area contributed by atoms with Crippen LogP contribution in [0, 0.1) is 6.92 Å². The first kappa shape index (κ1) is 16.7. The molecule has 1 rings (SSSR count). The van der Waals surface area contributed by atoms with Crippen LogP contribution in [-0.2, 0) is 25.5 Å². The molecule has 21 heavy (non-hydrogen) atoms. The number of rotatable bonds is 7. The Morgan fingerprint density at radius 1 is 1.33 bits per heavy atom. The van der Waals surface area contributed by atoms with Gasteiger partial charge in [0.2, 0.25) is 5.91 Å². The Balaban J connectivity index is 2.56. The summed E-state index contributed by atoms with van der Waals surface area (Å²) in [5, 5.41) is 11.5. The average Bonchev–Trinajstić information content (AvgIpc) is 2.42. The van der Waals surface area contributed by atoms with Gasteiger partial charge in [0.25, 0.3) is 0 Å². The molecule has 6 heteroatoms. The molecule has 2 N–H and O–H groups in total. The van der Waals surface area contributed by atoms with Crippen molar-refractivity contribution in [3.05, 3.63) is 35.4 Å². The number of aryl methyl sites for hydroxylation is 1. The maximum Gasteiger partial charge on any atom is 0.326 e.